The minimum atomic E-state index is -0.678. The first-order valence-electron chi connectivity index (χ1n) is 4.08. The van der Waals surface area contributed by atoms with Crippen LogP contribution in [0.4, 0.5) is 0 Å². The van der Waals surface area contributed by atoms with E-state index >= 15 is 0 Å². The van der Waals surface area contributed by atoms with Gasteiger partial charge in [0, 0.05) is 6.20 Å². The monoisotopic (exact) mass is 247 g/mol. The van der Waals surface area contributed by atoms with Gasteiger partial charge in [-0.3, -0.25) is 4.79 Å². The molecule has 1 aromatic rings. The molecule has 0 spiro atoms. The predicted molar refractivity (Wildman–Crippen MR) is 55.6 cm³/mol. The second-order valence-electron chi connectivity index (χ2n) is 2.52. The molecule has 4 nitrogen and oxygen atoms in total. The third kappa shape index (κ3) is 2.46. The molecule has 0 bridgehead atoms. The van der Waals surface area contributed by atoms with Gasteiger partial charge in [-0.2, -0.15) is 0 Å². The Morgan fingerprint density at radius 2 is 2.27 bits per heavy atom. The van der Waals surface area contributed by atoms with Gasteiger partial charge in [-0.25, -0.2) is 9.78 Å². The van der Waals surface area contributed by atoms with Crippen LogP contribution >= 0.6 is 23.2 Å². The Labute approximate surface area is 96.2 Å². The molecular formula is C9H7Cl2NO3. The number of carbonyl (C=O) groups is 2. The molecule has 0 aliphatic carbocycles. The number of carbonyl (C=O) groups excluding carboxylic acids is 2. The molecule has 1 rings (SSSR count). The van der Waals surface area contributed by atoms with Crippen LogP contribution in [0.1, 0.15) is 27.8 Å². The molecule has 80 valence electrons. The SMILES string of the molecule is CCOC(=O)c1ncc(Cl)c(C=O)c1Cl. The highest BCUT2D eigenvalue weighted by Gasteiger charge is 2.18. The van der Waals surface area contributed by atoms with Crippen LogP contribution in [0.5, 0.6) is 0 Å². The minimum Gasteiger partial charge on any atom is -0.461 e. The lowest BCUT2D eigenvalue weighted by molar-refractivity contribution is 0.0519. The second-order valence-corrected chi connectivity index (χ2v) is 3.31. The minimum absolute atomic E-state index is 0.0383. The molecule has 0 aliphatic rings. The molecule has 1 heterocycles. The molecular weight excluding hydrogens is 241 g/mol. The van der Waals surface area contributed by atoms with Crippen LogP contribution in [-0.4, -0.2) is 23.8 Å². The normalized spacial score (nSPS) is 9.80. The van der Waals surface area contributed by atoms with Crippen LogP contribution in [0, 0.1) is 0 Å². The van der Waals surface area contributed by atoms with Crippen molar-refractivity contribution in [3.8, 4) is 0 Å². The lowest BCUT2D eigenvalue weighted by atomic mass is 10.2. The van der Waals surface area contributed by atoms with Gasteiger partial charge in [0.05, 0.1) is 22.2 Å². The molecule has 0 atom stereocenters. The van der Waals surface area contributed by atoms with E-state index in [0.29, 0.717) is 6.29 Å². The molecule has 0 radical (unpaired) electrons. The fourth-order valence-electron chi connectivity index (χ4n) is 0.930. The smallest absolute Gasteiger partial charge is 0.358 e. The van der Waals surface area contributed by atoms with Crippen LogP contribution < -0.4 is 0 Å². The molecule has 0 amide bonds. The van der Waals surface area contributed by atoms with Crippen LogP contribution in [0.15, 0.2) is 6.20 Å². The van der Waals surface area contributed by atoms with E-state index in [1.165, 1.54) is 6.20 Å². The van der Waals surface area contributed by atoms with Gasteiger partial charge < -0.3 is 4.74 Å². The van der Waals surface area contributed by atoms with E-state index in [2.05, 4.69) is 4.98 Å². The maximum absolute atomic E-state index is 11.3. The summed E-state index contributed by atoms with van der Waals surface area (Å²) in [6.45, 7) is 1.86. The Morgan fingerprint density at radius 3 is 2.80 bits per heavy atom. The average molecular weight is 248 g/mol. The number of halogens is 2. The molecule has 0 saturated carbocycles. The van der Waals surface area contributed by atoms with Gasteiger partial charge in [-0.1, -0.05) is 23.2 Å². The molecule has 0 fully saturated rings. The lowest BCUT2D eigenvalue weighted by Crippen LogP contribution is -2.09. The third-order valence-corrected chi connectivity index (χ3v) is 2.28. The molecule has 15 heavy (non-hydrogen) atoms. The van der Waals surface area contributed by atoms with E-state index in [1.807, 2.05) is 0 Å². The Kier molecular flexibility index (Phi) is 4.05. The largest absolute Gasteiger partial charge is 0.461 e. The zero-order valence-electron chi connectivity index (χ0n) is 7.79. The van der Waals surface area contributed by atoms with E-state index in [1.54, 1.807) is 6.92 Å². The standard InChI is InChI=1S/C9H7Cl2NO3/c1-2-15-9(14)8-7(11)5(4-13)6(10)3-12-8/h3-4H,2H2,1H3. The number of hydrogen-bond donors (Lipinski definition) is 0. The zero-order valence-corrected chi connectivity index (χ0v) is 9.30. The molecule has 0 N–H and O–H groups in total. The number of ether oxygens (including phenoxy) is 1. The van der Waals surface area contributed by atoms with Gasteiger partial charge in [0.1, 0.15) is 0 Å². The number of esters is 1. The van der Waals surface area contributed by atoms with Crippen molar-refractivity contribution < 1.29 is 14.3 Å². The number of pyridine rings is 1. The van der Waals surface area contributed by atoms with Crippen molar-refractivity contribution >= 4 is 35.5 Å². The summed E-state index contributed by atoms with van der Waals surface area (Å²) in [5.41, 5.74) is -0.0681. The first-order chi connectivity index (χ1) is 7.11. The van der Waals surface area contributed by atoms with Crippen molar-refractivity contribution in [1.29, 1.82) is 0 Å². The van der Waals surface area contributed by atoms with Crippen molar-refractivity contribution in [3.05, 3.63) is 27.5 Å². The van der Waals surface area contributed by atoms with Crippen molar-refractivity contribution in [2.24, 2.45) is 0 Å². The molecule has 0 aliphatic heterocycles. The number of hydrogen-bond acceptors (Lipinski definition) is 4. The van der Waals surface area contributed by atoms with Crippen molar-refractivity contribution in [2.75, 3.05) is 6.61 Å². The summed E-state index contributed by atoms with van der Waals surface area (Å²) in [5, 5.41) is 0.0130. The summed E-state index contributed by atoms with van der Waals surface area (Å²) in [7, 11) is 0. The van der Waals surface area contributed by atoms with Gasteiger partial charge in [0.25, 0.3) is 0 Å². The summed E-state index contributed by atoms with van der Waals surface area (Å²) < 4.78 is 4.70. The summed E-state index contributed by atoms with van der Waals surface area (Å²) in [4.78, 5) is 25.7. The van der Waals surface area contributed by atoms with Crippen molar-refractivity contribution in [2.45, 2.75) is 6.92 Å². The highest BCUT2D eigenvalue weighted by Crippen LogP contribution is 2.25. The first kappa shape index (κ1) is 11.9. The average Bonchev–Trinajstić information content (AvgIpc) is 2.18. The van der Waals surface area contributed by atoms with Crippen LogP contribution in [0.3, 0.4) is 0 Å². The Morgan fingerprint density at radius 1 is 1.60 bits per heavy atom. The number of aromatic nitrogens is 1. The fourth-order valence-corrected chi connectivity index (χ4v) is 1.44. The molecule has 6 heteroatoms. The first-order valence-corrected chi connectivity index (χ1v) is 4.83. The quantitative estimate of drug-likeness (QED) is 0.608. The maximum Gasteiger partial charge on any atom is 0.358 e. The summed E-state index contributed by atoms with van der Waals surface area (Å²) >= 11 is 11.4. The van der Waals surface area contributed by atoms with E-state index in [0.717, 1.165) is 0 Å². The third-order valence-electron chi connectivity index (χ3n) is 1.60. The van der Waals surface area contributed by atoms with Gasteiger partial charge in [0.15, 0.2) is 12.0 Å². The summed E-state index contributed by atoms with van der Waals surface area (Å²) in [6, 6.07) is 0. The topological polar surface area (TPSA) is 56.3 Å². The van der Waals surface area contributed by atoms with Crippen LogP contribution in [0.2, 0.25) is 10.0 Å². The number of nitrogens with zero attached hydrogens (tertiary/aromatic N) is 1. The predicted octanol–water partition coefficient (Wildman–Crippen LogP) is 2.38. The van der Waals surface area contributed by atoms with E-state index in [-0.39, 0.29) is 27.9 Å². The van der Waals surface area contributed by atoms with Crippen molar-refractivity contribution in [1.82, 2.24) is 4.98 Å². The lowest BCUT2D eigenvalue weighted by Gasteiger charge is -2.05. The Balaban J connectivity index is 3.21. The van der Waals surface area contributed by atoms with Gasteiger partial charge in [0.2, 0.25) is 0 Å². The van der Waals surface area contributed by atoms with E-state index in [4.69, 9.17) is 27.9 Å². The Bertz CT molecular complexity index is 407. The Hall–Kier alpha value is -1.13. The van der Waals surface area contributed by atoms with Crippen LogP contribution in [0.25, 0.3) is 0 Å². The van der Waals surface area contributed by atoms with Gasteiger partial charge in [-0.05, 0) is 6.92 Å². The molecule has 1 aromatic heterocycles. The van der Waals surface area contributed by atoms with Crippen molar-refractivity contribution in [3.63, 3.8) is 0 Å². The van der Waals surface area contributed by atoms with Crippen LogP contribution in [-0.2, 0) is 4.74 Å². The fraction of sp³-hybridized carbons (Fsp3) is 0.222. The summed E-state index contributed by atoms with van der Waals surface area (Å²) in [6.07, 6.45) is 1.65. The number of rotatable bonds is 3. The maximum atomic E-state index is 11.3. The van der Waals surface area contributed by atoms with E-state index in [9.17, 15) is 9.59 Å². The molecule has 0 saturated heterocycles. The van der Waals surface area contributed by atoms with Gasteiger partial charge in [-0.15, -0.1) is 0 Å². The zero-order chi connectivity index (χ0) is 11.4. The highest BCUT2D eigenvalue weighted by molar-refractivity contribution is 6.39. The van der Waals surface area contributed by atoms with E-state index < -0.39 is 5.97 Å². The van der Waals surface area contributed by atoms with Gasteiger partial charge >= 0.3 is 5.97 Å². The highest BCUT2D eigenvalue weighted by atomic mass is 35.5. The second kappa shape index (κ2) is 5.09. The summed E-state index contributed by atoms with van der Waals surface area (Å²) in [5.74, 6) is -0.678. The molecule has 0 aromatic carbocycles. The molecule has 0 unspecified atom stereocenters. The number of aldehydes is 1.